The van der Waals surface area contributed by atoms with Crippen molar-refractivity contribution in [1.29, 1.82) is 0 Å². The summed E-state index contributed by atoms with van der Waals surface area (Å²) in [6.45, 7) is 1.73. The lowest BCUT2D eigenvalue weighted by molar-refractivity contribution is -0.0926. The summed E-state index contributed by atoms with van der Waals surface area (Å²) in [7, 11) is 2.00. The van der Waals surface area contributed by atoms with Crippen LogP contribution in [0.2, 0.25) is 0 Å². The summed E-state index contributed by atoms with van der Waals surface area (Å²) < 4.78 is 40.8. The first kappa shape index (κ1) is 20.7. The topological polar surface area (TPSA) is 104 Å². The van der Waals surface area contributed by atoms with Gasteiger partial charge in [0.2, 0.25) is 0 Å². The third-order valence-corrected chi connectivity index (χ3v) is 5.41. The second-order valence-corrected chi connectivity index (χ2v) is 7.35. The summed E-state index contributed by atoms with van der Waals surface area (Å²) in [4.78, 5) is 12.6. The zero-order valence-electron chi connectivity index (χ0n) is 16.7. The van der Waals surface area contributed by atoms with Crippen molar-refractivity contribution < 1.29 is 13.2 Å². The summed E-state index contributed by atoms with van der Waals surface area (Å²) in [5.41, 5.74) is 13.3. The Morgan fingerprint density at radius 1 is 1.23 bits per heavy atom. The molecule has 1 aliphatic rings. The van der Waals surface area contributed by atoms with Crippen molar-refractivity contribution in [2.45, 2.75) is 19.1 Å². The predicted octanol–water partition coefficient (Wildman–Crippen LogP) is 2.07. The second kappa shape index (κ2) is 7.62. The van der Waals surface area contributed by atoms with E-state index in [2.05, 4.69) is 15.0 Å². The molecule has 0 fully saturated rings. The van der Waals surface area contributed by atoms with Gasteiger partial charge in [0.25, 0.3) is 5.56 Å². The molecule has 0 spiro atoms. The van der Waals surface area contributed by atoms with Crippen LogP contribution in [0.15, 0.2) is 53.1 Å². The van der Waals surface area contributed by atoms with Crippen LogP contribution in [-0.2, 0) is 20.0 Å². The molecule has 31 heavy (non-hydrogen) atoms. The van der Waals surface area contributed by atoms with Crippen LogP contribution in [-0.4, -0.2) is 27.1 Å². The van der Waals surface area contributed by atoms with Gasteiger partial charge < -0.3 is 21.4 Å². The summed E-state index contributed by atoms with van der Waals surface area (Å²) in [6, 6.07) is 6.91. The molecule has 10 heteroatoms. The summed E-state index contributed by atoms with van der Waals surface area (Å²) in [6.07, 6.45) is -0.737. The lowest BCUT2D eigenvalue weighted by atomic mass is 10.1. The van der Waals surface area contributed by atoms with Crippen molar-refractivity contribution in [2.24, 2.45) is 18.5 Å². The number of aromatic nitrogens is 3. The van der Waals surface area contributed by atoms with Gasteiger partial charge in [0.1, 0.15) is 5.70 Å². The monoisotopic (exact) mass is 430 g/mol. The molecule has 0 saturated heterocycles. The molecule has 1 aromatic carbocycles. The maximum atomic E-state index is 12.6. The molecule has 2 aromatic heterocycles. The largest absolute Gasteiger partial charge is 0.430 e. The van der Waals surface area contributed by atoms with Gasteiger partial charge in [-0.1, -0.05) is 6.07 Å². The Bertz CT molecular complexity index is 1280. The number of nitrogens with zero attached hydrogens (tertiary/aromatic N) is 3. The molecule has 5 N–H and O–H groups in total. The van der Waals surface area contributed by atoms with E-state index in [1.54, 1.807) is 0 Å². The molecule has 4 rings (SSSR count). The molecule has 3 heterocycles. The average Bonchev–Trinajstić information content (AvgIpc) is 3.03. The number of nitrogens with one attached hydrogen (secondary N) is 1. The van der Waals surface area contributed by atoms with E-state index in [1.165, 1.54) is 28.2 Å². The van der Waals surface area contributed by atoms with Crippen LogP contribution in [0.5, 0.6) is 0 Å². The SMILES string of the molecule is Cn1c2c(c3ccc(-n4ncc(/C(N)=C/C=C(\N)C(F)(F)F)cc4=O)cc31)CNCC2. The molecular formula is C21H21F3N6O. The highest BCUT2D eigenvalue weighted by Gasteiger charge is 2.30. The van der Waals surface area contributed by atoms with Crippen LogP contribution in [0.4, 0.5) is 13.2 Å². The number of fused-ring (bicyclic) bond motifs is 3. The van der Waals surface area contributed by atoms with Crippen LogP contribution in [0.25, 0.3) is 22.3 Å². The van der Waals surface area contributed by atoms with Crippen LogP contribution in [0, 0.1) is 0 Å². The van der Waals surface area contributed by atoms with Gasteiger partial charge in [0.15, 0.2) is 0 Å². The van der Waals surface area contributed by atoms with E-state index in [9.17, 15) is 18.0 Å². The van der Waals surface area contributed by atoms with Crippen molar-refractivity contribution >= 4 is 16.6 Å². The Kier molecular flexibility index (Phi) is 5.10. The van der Waals surface area contributed by atoms with Gasteiger partial charge in [0, 0.05) is 55.0 Å². The van der Waals surface area contributed by atoms with E-state index in [0.29, 0.717) is 11.8 Å². The molecule has 162 valence electrons. The second-order valence-electron chi connectivity index (χ2n) is 7.35. The van der Waals surface area contributed by atoms with Crippen LogP contribution in [0.3, 0.4) is 0 Å². The smallest absolute Gasteiger partial charge is 0.398 e. The number of allylic oxidation sites excluding steroid dienone is 3. The molecule has 0 unspecified atom stereocenters. The molecule has 0 amide bonds. The molecule has 7 nitrogen and oxygen atoms in total. The fraction of sp³-hybridized carbons (Fsp3) is 0.238. The van der Waals surface area contributed by atoms with Gasteiger partial charge in [-0.3, -0.25) is 4.79 Å². The van der Waals surface area contributed by atoms with Gasteiger partial charge in [-0.15, -0.1) is 0 Å². The Morgan fingerprint density at radius 2 is 2.00 bits per heavy atom. The summed E-state index contributed by atoms with van der Waals surface area (Å²) in [5.74, 6) is 0. The summed E-state index contributed by atoms with van der Waals surface area (Å²) in [5, 5.41) is 8.65. The minimum atomic E-state index is -4.65. The standard InChI is InChI=1S/C21H21F3N6O/c1-29-17-6-7-27-11-15(17)14-3-2-13(9-18(14)29)30-20(31)8-12(10-28-30)16(25)4-5-19(26)21(22,23)24/h2-5,8-10,27H,6-7,11,25-26H2,1H3/b16-4-,19-5-. The fourth-order valence-corrected chi connectivity index (χ4v) is 3.75. The van der Waals surface area contributed by atoms with Crippen molar-refractivity contribution in [3.8, 4) is 5.69 Å². The van der Waals surface area contributed by atoms with E-state index in [1.807, 2.05) is 25.2 Å². The van der Waals surface area contributed by atoms with Gasteiger partial charge in [-0.2, -0.15) is 23.0 Å². The number of aryl methyl sites for hydroxylation is 1. The average molecular weight is 430 g/mol. The maximum absolute atomic E-state index is 12.6. The molecule has 0 atom stereocenters. The first-order valence-corrected chi connectivity index (χ1v) is 9.58. The van der Waals surface area contributed by atoms with E-state index < -0.39 is 17.4 Å². The zero-order chi connectivity index (χ0) is 22.3. The first-order valence-electron chi connectivity index (χ1n) is 9.58. The van der Waals surface area contributed by atoms with Crippen molar-refractivity contribution in [1.82, 2.24) is 19.7 Å². The Morgan fingerprint density at radius 3 is 2.71 bits per heavy atom. The minimum absolute atomic E-state index is 0.0537. The van der Waals surface area contributed by atoms with E-state index in [0.717, 1.165) is 36.5 Å². The lowest BCUT2D eigenvalue weighted by Crippen LogP contribution is -2.24. The predicted molar refractivity (Wildman–Crippen MR) is 112 cm³/mol. The number of hydrogen-bond donors (Lipinski definition) is 3. The Balaban J connectivity index is 1.69. The molecule has 1 aliphatic heterocycles. The molecule has 3 aromatic rings. The number of halogens is 3. The number of nitrogens with two attached hydrogens (primary N) is 2. The van der Waals surface area contributed by atoms with E-state index in [-0.39, 0.29) is 11.3 Å². The molecular weight excluding hydrogens is 409 g/mol. The van der Waals surface area contributed by atoms with Crippen LogP contribution < -0.4 is 22.3 Å². The van der Waals surface area contributed by atoms with Gasteiger partial charge in [-0.25, -0.2) is 0 Å². The van der Waals surface area contributed by atoms with Gasteiger partial charge >= 0.3 is 6.18 Å². The van der Waals surface area contributed by atoms with Gasteiger partial charge in [0.05, 0.1) is 17.4 Å². The van der Waals surface area contributed by atoms with Gasteiger partial charge in [-0.05, 0) is 29.8 Å². The zero-order valence-corrected chi connectivity index (χ0v) is 16.7. The third-order valence-electron chi connectivity index (χ3n) is 5.41. The molecule has 0 radical (unpaired) electrons. The van der Waals surface area contributed by atoms with Crippen molar-refractivity contribution in [3.63, 3.8) is 0 Å². The molecule has 0 bridgehead atoms. The Labute approximate surface area is 175 Å². The number of rotatable bonds is 3. The third kappa shape index (κ3) is 3.81. The van der Waals surface area contributed by atoms with Crippen molar-refractivity contribution in [3.05, 3.63) is 75.5 Å². The van der Waals surface area contributed by atoms with E-state index >= 15 is 0 Å². The van der Waals surface area contributed by atoms with E-state index in [4.69, 9.17) is 11.5 Å². The summed E-state index contributed by atoms with van der Waals surface area (Å²) >= 11 is 0. The van der Waals surface area contributed by atoms with Crippen molar-refractivity contribution in [2.75, 3.05) is 6.54 Å². The van der Waals surface area contributed by atoms with Crippen LogP contribution in [0.1, 0.15) is 16.8 Å². The quantitative estimate of drug-likeness (QED) is 0.552. The molecule has 0 saturated carbocycles. The Hall–Kier alpha value is -3.53. The fourth-order valence-electron chi connectivity index (χ4n) is 3.75. The number of benzene rings is 1. The minimum Gasteiger partial charge on any atom is -0.398 e. The number of alkyl halides is 3. The highest BCUT2D eigenvalue weighted by molar-refractivity contribution is 5.87. The van der Waals surface area contributed by atoms with Crippen LogP contribution >= 0.6 is 0 Å². The maximum Gasteiger partial charge on any atom is 0.430 e. The molecule has 0 aliphatic carbocycles. The normalized spacial score (nSPS) is 15.4. The first-order chi connectivity index (χ1) is 14.7. The number of hydrogen-bond acceptors (Lipinski definition) is 5. The lowest BCUT2D eigenvalue weighted by Gasteiger charge is -2.14. The highest BCUT2D eigenvalue weighted by atomic mass is 19.4. The highest BCUT2D eigenvalue weighted by Crippen LogP contribution is 2.29.